The Labute approximate surface area is 126 Å². The molecule has 1 N–H and O–H groups in total. The van der Waals surface area contributed by atoms with E-state index in [0.29, 0.717) is 0 Å². The Balaban J connectivity index is 2.82. The Kier molecular flexibility index (Phi) is 6.98. The Hall–Kier alpha value is -0.437. The molecule has 6 heteroatoms. The zero-order valence-corrected chi connectivity index (χ0v) is 14.2. The molecular weight excluding hydrogens is 374 g/mol. The van der Waals surface area contributed by atoms with E-state index in [0.717, 1.165) is 11.3 Å². The summed E-state index contributed by atoms with van der Waals surface area (Å²) in [5.74, 6) is -0.282. The zero-order chi connectivity index (χ0) is 14.4. The van der Waals surface area contributed by atoms with E-state index in [2.05, 4.69) is 5.32 Å². The van der Waals surface area contributed by atoms with Crippen molar-refractivity contribution in [3.05, 3.63) is 29.8 Å². The van der Waals surface area contributed by atoms with Crippen LogP contribution in [0.3, 0.4) is 0 Å². The van der Waals surface area contributed by atoms with Crippen LogP contribution in [0.2, 0.25) is 0 Å². The topological polar surface area (TPSA) is 38.3 Å². The van der Waals surface area contributed by atoms with E-state index < -0.39 is 19.6 Å². The number of hydrogen-bond acceptors (Lipinski definition) is 3. The van der Waals surface area contributed by atoms with Crippen molar-refractivity contribution in [1.29, 1.82) is 0 Å². The van der Waals surface area contributed by atoms with Crippen molar-refractivity contribution in [2.24, 2.45) is 0 Å². The minimum absolute atomic E-state index is 0.124. The molecule has 0 aliphatic rings. The van der Waals surface area contributed by atoms with Crippen LogP contribution in [-0.4, -0.2) is 22.7 Å². The summed E-state index contributed by atoms with van der Waals surface area (Å²) in [6.45, 7) is 5.41. The maximum atomic E-state index is 11.8. The van der Waals surface area contributed by atoms with Crippen LogP contribution >= 0.6 is 19.4 Å². The number of benzene rings is 1. The minimum atomic E-state index is -1.90. The third-order valence-electron chi connectivity index (χ3n) is 2.23. The molecule has 19 heavy (non-hydrogen) atoms. The van der Waals surface area contributed by atoms with Crippen LogP contribution in [0, 0.1) is 0 Å². The van der Waals surface area contributed by atoms with Crippen LogP contribution in [0.4, 0.5) is 5.69 Å². The summed E-state index contributed by atoms with van der Waals surface area (Å²) in [5.41, 5.74) is 1.74. The van der Waals surface area contributed by atoms with E-state index in [1.54, 1.807) is 6.92 Å². The molecule has 0 aliphatic carbocycles. The van der Waals surface area contributed by atoms with Crippen molar-refractivity contribution in [3.63, 3.8) is 0 Å². The molecule has 0 aromatic heterocycles. The Morgan fingerprint density at radius 2 is 1.95 bits per heavy atom. The average Bonchev–Trinajstić information content (AvgIpc) is 2.30. The van der Waals surface area contributed by atoms with Crippen molar-refractivity contribution in [3.8, 4) is 0 Å². The van der Waals surface area contributed by atoms with E-state index >= 15 is 0 Å². The fourth-order valence-electron chi connectivity index (χ4n) is 1.43. The number of halogens is 2. The fourth-order valence-corrected chi connectivity index (χ4v) is 3.26. The third-order valence-corrected chi connectivity index (χ3v) is 4.06. The Morgan fingerprint density at radius 1 is 1.32 bits per heavy atom. The first-order valence-electron chi connectivity index (χ1n) is 5.79. The second-order valence-electron chi connectivity index (χ2n) is 4.25. The molecule has 0 fully saturated rings. The summed E-state index contributed by atoms with van der Waals surface area (Å²) in [5, 5.41) is 3.12. The van der Waals surface area contributed by atoms with Gasteiger partial charge in [-0.2, -0.15) is 0 Å². The van der Waals surface area contributed by atoms with E-state index in [9.17, 15) is 4.79 Å². The summed E-state index contributed by atoms with van der Waals surface area (Å²) in [4.78, 5) is 11.8. The number of anilines is 1. The molecule has 108 valence electrons. The predicted octanol–water partition coefficient (Wildman–Crippen LogP) is 3.51. The number of rotatable bonds is 5. The van der Waals surface area contributed by atoms with Crippen molar-refractivity contribution in [1.82, 2.24) is 0 Å². The Bertz CT molecular complexity index is 473. The van der Waals surface area contributed by atoms with Crippen molar-refractivity contribution < 1.29 is 23.0 Å². The van der Waals surface area contributed by atoms with Crippen LogP contribution < -0.4 is 5.32 Å². The van der Waals surface area contributed by atoms with Crippen LogP contribution in [-0.2, 0) is 23.0 Å². The number of esters is 1. The number of carbonyl (C=O) groups is 1. The number of ether oxygens (including phenoxy) is 1. The number of hydrogen-bond donors (Lipinski definition) is 1. The summed E-state index contributed by atoms with van der Waals surface area (Å²) >= 11 is -1.90. The van der Waals surface area contributed by atoms with Gasteiger partial charge >= 0.3 is 127 Å². The SMILES string of the molecule is CC(C)OC(=O)C(C)Nc1ccccc1[CH]=[Ru]([Cl])[Cl]. The van der Waals surface area contributed by atoms with Gasteiger partial charge in [-0.05, 0) is 0 Å². The van der Waals surface area contributed by atoms with Crippen molar-refractivity contribution in [2.75, 3.05) is 5.32 Å². The predicted molar refractivity (Wildman–Crippen MR) is 77.6 cm³/mol. The van der Waals surface area contributed by atoms with Crippen LogP contribution in [0.25, 0.3) is 0 Å². The van der Waals surface area contributed by atoms with Crippen molar-refractivity contribution >= 4 is 35.6 Å². The van der Waals surface area contributed by atoms with Gasteiger partial charge in [0.1, 0.15) is 0 Å². The monoisotopic (exact) mass is 391 g/mol. The van der Waals surface area contributed by atoms with Gasteiger partial charge in [-0.1, -0.05) is 0 Å². The molecule has 0 aliphatic heterocycles. The van der Waals surface area contributed by atoms with Gasteiger partial charge in [0, 0.05) is 0 Å². The molecule has 1 unspecified atom stereocenters. The molecule has 1 rings (SSSR count). The quantitative estimate of drug-likeness (QED) is 0.617. The van der Waals surface area contributed by atoms with Gasteiger partial charge in [-0.3, -0.25) is 0 Å². The fraction of sp³-hybridized carbons (Fsp3) is 0.385. The van der Waals surface area contributed by atoms with Gasteiger partial charge < -0.3 is 0 Å². The van der Waals surface area contributed by atoms with Crippen LogP contribution in [0.15, 0.2) is 24.3 Å². The summed E-state index contributed by atoms with van der Waals surface area (Å²) in [6, 6.07) is 7.16. The maximum absolute atomic E-state index is 11.8. The molecule has 0 bridgehead atoms. The van der Waals surface area contributed by atoms with Crippen molar-refractivity contribution in [2.45, 2.75) is 32.9 Å². The molecule has 0 heterocycles. The van der Waals surface area contributed by atoms with Crippen LogP contribution in [0.5, 0.6) is 0 Å². The molecular formula is C13H17Cl2NO2Ru. The first kappa shape index (κ1) is 16.6. The van der Waals surface area contributed by atoms with E-state index in [4.69, 9.17) is 24.1 Å². The summed E-state index contributed by atoms with van der Waals surface area (Å²) < 4.78 is 6.99. The summed E-state index contributed by atoms with van der Waals surface area (Å²) in [7, 11) is 11.8. The number of carbonyl (C=O) groups excluding carboxylic acids is 1. The van der Waals surface area contributed by atoms with Gasteiger partial charge in [0.25, 0.3) is 0 Å². The molecule has 1 aromatic carbocycles. The average molecular weight is 391 g/mol. The zero-order valence-electron chi connectivity index (χ0n) is 11.0. The molecule has 1 aromatic rings. The number of para-hydroxylation sites is 1. The third kappa shape index (κ3) is 6.03. The standard InChI is InChI=1S/C13H17NO2.2ClH.Ru/c1-9(2)16-13(15)11(4)14-12-8-6-5-7-10(12)3;;;/h3,5-9,11,14H,1-2,4H3;2*1H;/q;;;+2/p-2. The van der Waals surface area contributed by atoms with Crippen LogP contribution in [0.1, 0.15) is 26.3 Å². The summed E-state index contributed by atoms with van der Waals surface area (Å²) in [6.07, 6.45) is -0.124. The van der Waals surface area contributed by atoms with Gasteiger partial charge in [0.05, 0.1) is 0 Å². The van der Waals surface area contributed by atoms with E-state index in [1.807, 2.05) is 42.7 Å². The Morgan fingerprint density at radius 3 is 2.53 bits per heavy atom. The van der Waals surface area contributed by atoms with Gasteiger partial charge in [-0.25, -0.2) is 0 Å². The molecule has 0 amide bonds. The molecule has 0 radical (unpaired) electrons. The number of nitrogens with one attached hydrogen (secondary N) is 1. The van der Waals surface area contributed by atoms with Gasteiger partial charge in [0.15, 0.2) is 0 Å². The first-order chi connectivity index (χ1) is 8.90. The molecule has 1 atom stereocenters. The molecule has 3 nitrogen and oxygen atoms in total. The normalized spacial score (nSPS) is 12.8. The van der Waals surface area contributed by atoms with E-state index in [-0.39, 0.29) is 12.1 Å². The molecule has 0 saturated carbocycles. The second-order valence-corrected chi connectivity index (χ2v) is 9.97. The molecule has 0 spiro atoms. The second kappa shape index (κ2) is 7.99. The first-order valence-corrected chi connectivity index (χ1v) is 11.3. The van der Waals surface area contributed by atoms with Gasteiger partial charge in [-0.15, -0.1) is 0 Å². The van der Waals surface area contributed by atoms with Gasteiger partial charge in [0.2, 0.25) is 0 Å². The molecule has 0 saturated heterocycles. The van der Waals surface area contributed by atoms with E-state index in [1.165, 1.54) is 0 Å².